The second-order valence-electron chi connectivity index (χ2n) is 4.82. The van der Waals surface area contributed by atoms with Crippen LogP contribution in [0.5, 0.6) is 0 Å². The van der Waals surface area contributed by atoms with E-state index in [4.69, 9.17) is 0 Å². The van der Waals surface area contributed by atoms with Gasteiger partial charge in [0.2, 0.25) is 0 Å². The lowest BCUT2D eigenvalue weighted by atomic mass is 10.1. The van der Waals surface area contributed by atoms with Crippen LogP contribution in [-0.4, -0.2) is 25.0 Å². The number of methoxy groups -OCH3 is 1. The van der Waals surface area contributed by atoms with E-state index < -0.39 is 11.7 Å². The highest BCUT2D eigenvalue weighted by Crippen LogP contribution is 2.34. The van der Waals surface area contributed by atoms with Gasteiger partial charge in [0, 0.05) is 10.5 Å². The van der Waals surface area contributed by atoms with Gasteiger partial charge in [-0.05, 0) is 52.9 Å². The van der Waals surface area contributed by atoms with E-state index in [0.717, 1.165) is 12.8 Å². The van der Waals surface area contributed by atoms with Crippen LogP contribution in [0.15, 0.2) is 22.7 Å². The predicted molar refractivity (Wildman–Crippen MR) is 74.7 cm³/mol. The number of carbonyl (C=O) groups excluding carboxylic acids is 2. The molecule has 108 valence electrons. The summed E-state index contributed by atoms with van der Waals surface area (Å²) in [4.78, 5) is 23.5. The van der Waals surface area contributed by atoms with Crippen LogP contribution in [0.1, 0.15) is 29.6 Å². The van der Waals surface area contributed by atoms with Crippen LogP contribution in [0.2, 0.25) is 0 Å². The molecule has 1 aliphatic carbocycles. The second kappa shape index (κ2) is 6.35. The number of benzene rings is 1. The quantitative estimate of drug-likeness (QED) is 0.836. The lowest BCUT2D eigenvalue weighted by Crippen LogP contribution is -2.38. The van der Waals surface area contributed by atoms with Crippen LogP contribution in [0.25, 0.3) is 0 Å². The first-order chi connectivity index (χ1) is 9.51. The van der Waals surface area contributed by atoms with E-state index in [0.29, 0.717) is 10.4 Å². The first kappa shape index (κ1) is 15.0. The van der Waals surface area contributed by atoms with Crippen molar-refractivity contribution in [2.45, 2.75) is 25.3 Å². The Balaban J connectivity index is 2.08. The fraction of sp³-hybridized carbons (Fsp3) is 0.429. The molecule has 1 aromatic carbocycles. The first-order valence-corrected chi connectivity index (χ1v) is 7.13. The fourth-order valence-electron chi connectivity index (χ4n) is 2.01. The van der Waals surface area contributed by atoms with Gasteiger partial charge < -0.3 is 10.1 Å². The Morgan fingerprint density at radius 1 is 1.50 bits per heavy atom. The van der Waals surface area contributed by atoms with Crippen LogP contribution in [0, 0.1) is 11.7 Å². The number of halogens is 2. The van der Waals surface area contributed by atoms with Crippen molar-refractivity contribution in [1.82, 2.24) is 5.32 Å². The molecule has 2 rings (SSSR count). The SMILES string of the molecule is COC(=O)C[C@H](NC(=O)c1cc(F)ccc1Br)C1CC1. The molecule has 1 saturated carbocycles. The van der Waals surface area contributed by atoms with Crippen molar-refractivity contribution in [3.63, 3.8) is 0 Å². The largest absolute Gasteiger partial charge is 0.469 e. The van der Waals surface area contributed by atoms with Gasteiger partial charge in [-0.1, -0.05) is 0 Å². The molecular formula is C14H15BrFNO3. The van der Waals surface area contributed by atoms with Crippen molar-refractivity contribution in [3.8, 4) is 0 Å². The van der Waals surface area contributed by atoms with E-state index in [1.54, 1.807) is 0 Å². The number of carbonyl (C=O) groups is 2. The highest BCUT2D eigenvalue weighted by atomic mass is 79.9. The van der Waals surface area contributed by atoms with E-state index in [2.05, 4.69) is 26.0 Å². The molecule has 0 unspecified atom stereocenters. The molecule has 0 spiro atoms. The molecule has 6 heteroatoms. The monoisotopic (exact) mass is 343 g/mol. The van der Waals surface area contributed by atoms with Crippen LogP contribution in [-0.2, 0) is 9.53 Å². The van der Waals surface area contributed by atoms with Gasteiger partial charge in [-0.15, -0.1) is 0 Å². The van der Waals surface area contributed by atoms with E-state index in [9.17, 15) is 14.0 Å². The number of nitrogens with one attached hydrogen (secondary N) is 1. The molecule has 1 amide bonds. The lowest BCUT2D eigenvalue weighted by Gasteiger charge is -2.17. The third-order valence-corrected chi connectivity index (χ3v) is 3.99. The van der Waals surface area contributed by atoms with Gasteiger partial charge in [0.1, 0.15) is 5.82 Å². The first-order valence-electron chi connectivity index (χ1n) is 6.34. The third kappa shape index (κ3) is 3.79. The number of hydrogen-bond donors (Lipinski definition) is 1. The van der Waals surface area contributed by atoms with E-state index >= 15 is 0 Å². The molecule has 1 N–H and O–H groups in total. The minimum Gasteiger partial charge on any atom is -0.469 e. The zero-order valence-electron chi connectivity index (χ0n) is 11.0. The Labute approximate surface area is 124 Å². The number of hydrogen-bond acceptors (Lipinski definition) is 3. The molecule has 1 atom stereocenters. The summed E-state index contributed by atoms with van der Waals surface area (Å²) in [5, 5.41) is 2.79. The predicted octanol–water partition coefficient (Wildman–Crippen LogP) is 2.66. The highest BCUT2D eigenvalue weighted by molar-refractivity contribution is 9.10. The minimum atomic E-state index is -0.478. The summed E-state index contributed by atoms with van der Waals surface area (Å²) in [5.41, 5.74) is 0.223. The summed E-state index contributed by atoms with van der Waals surface area (Å²) < 4.78 is 18.4. The van der Waals surface area contributed by atoms with Gasteiger partial charge in [0.15, 0.2) is 0 Å². The summed E-state index contributed by atoms with van der Waals surface area (Å²) in [7, 11) is 1.32. The van der Waals surface area contributed by atoms with Crippen LogP contribution in [0.3, 0.4) is 0 Å². The third-order valence-electron chi connectivity index (χ3n) is 3.29. The van der Waals surface area contributed by atoms with Gasteiger partial charge in [-0.2, -0.15) is 0 Å². The Morgan fingerprint density at radius 2 is 2.20 bits per heavy atom. The Kier molecular flexibility index (Phi) is 4.75. The maximum Gasteiger partial charge on any atom is 0.307 e. The summed E-state index contributed by atoms with van der Waals surface area (Å²) >= 11 is 3.22. The Bertz CT molecular complexity index is 531. The van der Waals surface area contributed by atoms with Crippen molar-refractivity contribution in [2.24, 2.45) is 5.92 Å². The van der Waals surface area contributed by atoms with Crippen molar-refractivity contribution in [2.75, 3.05) is 7.11 Å². The molecule has 0 radical (unpaired) electrons. The topological polar surface area (TPSA) is 55.4 Å². The van der Waals surface area contributed by atoms with Gasteiger partial charge >= 0.3 is 5.97 Å². The van der Waals surface area contributed by atoms with Crippen LogP contribution >= 0.6 is 15.9 Å². The normalized spacial score (nSPS) is 15.6. The van der Waals surface area contributed by atoms with E-state index in [1.807, 2.05) is 0 Å². The minimum absolute atomic E-state index is 0.139. The number of ether oxygens (including phenoxy) is 1. The molecule has 1 aliphatic rings. The Hall–Kier alpha value is -1.43. The highest BCUT2D eigenvalue weighted by Gasteiger charge is 2.34. The molecule has 1 aromatic rings. The Morgan fingerprint density at radius 3 is 2.80 bits per heavy atom. The lowest BCUT2D eigenvalue weighted by molar-refractivity contribution is -0.141. The second-order valence-corrected chi connectivity index (χ2v) is 5.68. The molecule has 0 heterocycles. The van der Waals surface area contributed by atoms with Crippen LogP contribution < -0.4 is 5.32 Å². The number of rotatable bonds is 5. The maximum absolute atomic E-state index is 13.2. The zero-order chi connectivity index (χ0) is 14.7. The molecule has 20 heavy (non-hydrogen) atoms. The fourth-order valence-corrected chi connectivity index (χ4v) is 2.44. The van der Waals surface area contributed by atoms with Gasteiger partial charge in [-0.25, -0.2) is 4.39 Å². The zero-order valence-corrected chi connectivity index (χ0v) is 12.6. The van der Waals surface area contributed by atoms with Crippen molar-refractivity contribution in [1.29, 1.82) is 0 Å². The average Bonchev–Trinajstić information content (AvgIpc) is 3.24. The van der Waals surface area contributed by atoms with Gasteiger partial charge in [0.25, 0.3) is 5.91 Å². The standard InChI is InChI=1S/C14H15BrFNO3/c1-20-13(18)7-12(8-2-3-8)17-14(19)10-6-9(16)4-5-11(10)15/h4-6,8,12H,2-3,7H2,1H3,(H,17,19)/t12-/m0/s1. The average molecular weight is 344 g/mol. The van der Waals surface area contributed by atoms with Crippen molar-refractivity contribution >= 4 is 27.8 Å². The molecular weight excluding hydrogens is 329 g/mol. The number of esters is 1. The van der Waals surface area contributed by atoms with E-state index in [1.165, 1.54) is 25.3 Å². The van der Waals surface area contributed by atoms with Crippen LogP contribution in [0.4, 0.5) is 4.39 Å². The van der Waals surface area contributed by atoms with Crippen molar-refractivity contribution in [3.05, 3.63) is 34.1 Å². The molecule has 0 bridgehead atoms. The molecule has 1 fully saturated rings. The summed E-state index contributed by atoms with van der Waals surface area (Å²) in [5.74, 6) is -0.933. The summed E-state index contributed by atoms with van der Waals surface area (Å²) in [6.07, 6.45) is 2.10. The maximum atomic E-state index is 13.2. The smallest absolute Gasteiger partial charge is 0.307 e. The van der Waals surface area contributed by atoms with Gasteiger partial charge in [0.05, 0.1) is 19.1 Å². The van der Waals surface area contributed by atoms with E-state index in [-0.39, 0.29) is 24.0 Å². The molecule has 0 aromatic heterocycles. The molecule has 0 aliphatic heterocycles. The summed E-state index contributed by atoms with van der Waals surface area (Å²) in [6, 6.07) is 3.66. The molecule has 0 saturated heterocycles. The van der Waals surface area contributed by atoms with Crippen molar-refractivity contribution < 1.29 is 18.7 Å². The summed E-state index contributed by atoms with van der Waals surface area (Å²) in [6.45, 7) is 0. The number of amides is 1. The molecule has 4 nitrogen and oxygen atoms in total. The van der Waals surface area contributed by atoms with Gasteiger partial charge in [-0.3, -0.25) is 9.59 Å².